The number of benzene rings is 1. The van der Waals surface area contributed by atoms with Crippen molar-refractivity contribution in [3.8, 4) is 0 Å². The Morgan fingerprint density at radius 3 is 2.59 bits per heavy atom. The van der Waals surface area contributed by atoms with Crippen LogP contribution in [0.15, 0.2) is 24.3 Å². The van der Waals surface area contributed by atoms with E-state index in [4.69, 9.17) is 0 Å². The molecule has 1 rings (SSSR count). The van der Waals surface area contributed by atoms with Gasteiger partial charge in [-0.3, -0.25) is 4.79 Å². The second kappa shape index (κ2) is 7.38. The Balaban J connectivity index is 2.35. The van der Waals surface area contributed by atoms with Crippen LogP contribution in [0.2, 0.25) is 0 Å². The third kappa shape index (κ3) is 4.82. The largest absolute Gasteiger partial charge is 0.343 e. The molecule has 1 aromatic rings. The van der Waals surface area contributed by atoms with Gasteiger partial charge in [0.25, 0.3) is 0 Å². The molecule has 0 N–H and O–H groups in total. The number of carbonyl (C=O) groups excluding carboxylic acids is 1. The van der Waals surface area contributed by atoms with Crippen molar-refractivity contribution in [1.29, 1.82) is 0 Å². The van der Waals surface area contributed by atoms with Gasteiger partial charge in [-0.1, -0.05) is 29.8 Å². The van der Waals surface area contributed by atoms with Crippen molar-refractivity contribution in [2.45, 2.75) is 26.5 Å². The Bertz CT molecular complexity index is 361. The summed E-state index contributed by atoms with van der Waals surface area (Å²) in [6.07, 6.45) is 0. The van der Waals surface area contributed by atoms with E-state index in [0.717, 1.165) is 18.8 Å². The summed E-state index contributed by atoms with van der Waals surface area (Å²) in [6.45, 7) is 7.75. The van der Waals surface area contributed by atoms with Gasteiger partial charge in [-0.25, -0.2) is 0 Å². The highest BCUT2D eigenvalue weighted by Crippen LogP contribution is 2.14. The van der Waals surface area contributed by atoms with Crippen molar-refractivity contribution in [3.05, 3.63) is 35.4 Å². The van der Waals surface area contributed by atoms with Gasteiger partial charge in [0, 0.05) is 18.8 Å². The molecule has 0 aliphatic rings. The van der Waals surface area contributed by atoms with Gasteiger partial charge in [0.15, 0.2) is 0 Å². The number of thioether (sulfide) groups is 1. The van der Waals surface area contributed by atoms with Crippen molar-refractivity contribution in [2.75, 3.05) is 18.8 Å². The van der Waals surface area contributed by atoms with Crippen LogP contribution < -0.4 is 0 Å². The van der Waals surface area contributed by atoms with E-state index in [1.807, 2.05) is 18.7 Å². The molecule has 0 radical (unpaired) electrons. The minimum Gasteiger partial charge on any atom is -0.343 e. The molecule has 1 aromatic carbocycles. The predicted molar refractivity (Wildman–Crippen MR) is 75.3 cm³/mol. The van der Waals surface area contributed by atoms with E-state index in [1.165, 1.54) is 11.1 Å². The van der Waals surface area contributed by atoms with Crippen molar-refractivity contribution in [3.63, 3.8) is 0 Å². The summed E-state index contributed by atoms with van der Waals surface area (Å²) in [6, 6.07) is 8.45. The Labute approximate surface area is 108 Å². The third-order valence-electron chi connectivity index (χ3n) is 2.69. The Morgan fingerprint density at radius 2 is 2.00 bits per heavy atom. The number of aryl methyl sites for hydroxylation is 1. The fourth-order valence-electron chi connectivity index (χ4n) is 1.73. The van der Waals surface area contributed by atoms with E-state index in [2.05, 4.69) is 31.2 Å². The van der Waals surface area contributed by atoms with Gasteiger partial charge < -0.3 is 4.90 Å². The molecule has 0 spiro atoms. The van der Waals surface area contributed by atoms with Gasteiger partial charge in [-0.2, -0.15) is 0 Å². The molecule has 0 saturated carbocycles. The number of hydrogen-bond acceptors (Lipinski definition) is 2. The van der Waals surface area contributed by atoms with Crippen LogP contribution in [-0.4, -0.2) is 29.6 Å². The number of nitrogens with zero attached hydrogens (tertiary/aromatic N) is 1. The molecule has 0 unspecified atom stereocenters. The maximum absolute atomic E-state index is 11.8. The number of carbonyl (C=O) groups is 1. The van der Waals surface area contributed by atoms with Crippen LogP contribution in [0.25, 0.3) is 0 Å². The average molecular weight is 251 g/mol. The molecular weight excluding hydrogens is 230 g/mol. The fraction of sp³-hybridized carbons (Fsp3) is 0.500. The summed E-state index contributed by atoms with van der Waals surface area (Å²) < 4.78 is 0. The summed E-state index contributed by atoms with van der Waals surface area (Å²) in [4.78, 5) is 13.6. The molecule has 1 amide bonds. The molecule has 3 heteroatoms. The summed E-state index contributed by atoms with van der Waals surface area (Å²) >= 11 is 1.69. The van der Waals surface area contributed by atoms with Gasteiger partial charge >= 0.3 is 0 Å². The molecule has 17 heavy (non-hydrogen) atoms. The number of amides is 1. The molecule has 0 aliphatic carbocycles. The molecule has 0 aromatic heterocycles. The van der Waals surface area contributed by atoms with Crippen molar-refractivity contribution in [1.82, 2.24) is 4.90 Å². The van der Waals surface area contributed by atoms with Crippen LogP contribution in [0.4, 0.5) is 0 Å². The molecule has 0 bridgehead atoms. The number of rotatable bonds is 6. The van der Waals surface area contributed by atoms with Crippen molar-refractivity contribution < 1.29 is 4.79 Å². The van der Waals surface area contributed by atoms with E-state index in [0.29, 0.717) is 5.75 Å². The van der Waals surface area contributed by atoms with Gasteiger partial charge in [-0.05, 0) is 26.3 Å². The van der Waals surface area contributed by atoms with E-state index < -0.39 is 0 Å². The first-order valence-electron chi connectivity index (χ1n) is 6.08. The third-order valence-corrected chi connectivity index (χ3v) is 3.68. The highest BCUT2D eigenvalue weighted by molar-refractivity contribution is 7.99. The lowest BCUT2D eigenvalue weighted by Crippen LogP contribution is -2.31. The monoisotopic (exact) mass is 251 g/mol. The van der Waals surface area contributed by atoms with Gasteiger partial charge in [0.2, 0.25) is 5.91 Å². The molecule has 2 nitrogen and oxygen atoms in total. The van der Waals surface area contributed by atoms with Crippen LogP contribution in [-0.2, 0) is 10.5 Å². The molecule has 0 heterocycles. The second-order valence-corrected chi connectivity index (χ2v) is 5.03. The maximum atomic E-state index is 11.8. The van der Waals surface area contributed by atoms with Gasteiger partial charge in [-0.15, -0.1) is 11.8 Å². The average Bonchev–Trinajstić information content (AvgIpc) is 2.30. The summed E-state index contributed by atoms with van der Waals surface area (Å²) in [5, 5.41) is 0. The smallest absolute Gasteiger partial charge is 0.232 e. The van der Waals surface area contributed by atoms with Gasteiger partial charge in [0.1, 0.15) is 0 Å². The fourth-order valence-corrected chi connectivity index (χ4v) is 2.60. The van der Waals surface area contributed by atoms with Crippen molar-refractivity contribution in [2.24, 2.45) is 0 Å². The maximum Gasteiger partial charge on any atom is 0.232 e. The van der Waals surface area contributed by atoms with Crippen LogP contribution in [0, 0.1) is 6.92 Å². The summed E-state index contributed by atoms with van der Waals surface area (Å²) in [5.74, 6) is 1.73. The lowest BCUT2D eigenvalue weighted by molar-refractivity contribution is -0.127. The van der Waals surface area contributed by atoms with E-state index in [9.17, 15) is 4.79 Å². The minimum absolute atomic E-state index is 0.243. The first-order valence-corrected chi connectivity index (χ1v) is 7.23. The summed E-state index contributed by atoms with van der Waals surface area (Å²) in [5.41, 5.74) is 2.57. The zero-order valence-corrected chi connectivity index (χ0v) is 11.7. The Kier molecular flexibility index (Phi) is 6.12. The minimum atomic E-state index is 0.243. The molecule has 0 aliphatic heterocycles. The normalized spacial score (nSPS) is 10.3. The predicted octanol–water partition coefficient (Wildman–Crippen LogP) is 3.10. The van der Waals surface area contributed by atoms with Gasteiger partial charge in [0.05, 0.1) is 5.75 Å². The lowest BCUT2D eigenvalue weighted by atomic mass is 10.2. The lowest BCUT2D eigenvalue weighted by Gasteiger charge is -2.18. The van der Waals surface area contributed by atoms with Crippen LogP contribution in [0.1, 0.15) is 25.0 Å². The zero-order chi connectivity index (χ0) is 12.7. The van der Waals surface area contributed by atoms with E-state index in [-0.39, 0.29) is 5.91 Å². The second-order valence-electron chi connectivity index (χ2n) is 4.05. The quantitative estimate of drug-likeness (QED) is 0.774. The van der Waals surface area contributed by atoms with Crippen LogP contribution in [0.3, 0.4) is 0 Å². The Morgan fingerprint density at radius 1 is 1.29 bits per heavy atom. The Hall–Kier alpha value is -0.960. The molecule has 0 fully saturated rings. The van der Waals surface area contributed by atoms with E-state index >= 15 is 0 Å². The molecule has 0 saturated heterocycles. The first kappa shape index (κ1) is 14.1. The first-order chi connectivity index (χ1) is 8.17. The molecule has 0 atom stereocenters. The number of hydrogen-bond donors (Lipinski definition) is 0. The molecular formula is C14H21NOS. The highest BCUT2D eigenvalue weighted by atomic mass is 32.2. The summed E-state index contributed by atoms with van der Waals surface area (Å²) in [7, 11) is 0. The van der Waals surface area contributed by atoms with E-state index in [1.54, 1.807) is 11.8 Å². The van der Waals surface area contributed by atoms with Crippen molar-refractivity contribution >= 4 is 17.7 Å². The zero-order valence-electron chi connectivity index (χ0n) is 10.9. The highest BCUT2D eigenvalue weighted by Gasteiger charge is 2.08. The SMILES string of the molecule is CCN(CC)C(=O)CSCc1cccc(C)c1. The standard InChI is InChI=1S/C14H21NOS/c1-4-15(5-2)14(16)11-17-10-13-8-6-7-12(3)9-13/h6-9H,4-5,10-11H2,1-3H3. The van der Waals surface area contributed by atoms with Crippen LogP contribution in [0.5, 0.6) is 0 Å². The molecule has 94 valence electrons. The topological polar surface area (TPSA) is 20.3 Å². The van der Waals surface area contributed by atoms with Crippen LogP contribution >= 0.6 is 11.8 Å².